The minimum Gasteiger partial charge on any atom is -0.381 e. The third-order valence-electron chi connectivity index (χ3n) is 2.45. The van der Waals surface area contributed by atoms with Crippen molar-refractivity contribution in [2.75, 3.05) is 26.3 Å². The molecule has 4 nitrogen and oxygen atoms in total. The average Bonchev–Trinajstić information content (AvgIpc) is 3.04. The van der Waals surface area contributed by atoms with Crippen molar-refractivity contribution < 1.29 is 4.74 Å². The Balaban J connectivity index is 1.86. The van der Waals surface area contributed by atoms with Crippen LogP contribution in [0.1, 0.15) is 33.1 Å². The van der Waals surface area contributed by atoms with Gasteiger partial charge in [0.05, 0.1) is 0 Å². The number of aliphatic imine (C=N–C) groups is 1. The first kappa shape index (κ1) is 13.3. The second-order valence-corrected chi connectivity index (χ2v) is 4.92. The van der Waals surface area contributed by atoms with Crippen molar-refractivity contribution in [2.24, 2.45) is 22.6 Å². The smallest absolute Gasteiger partial charge is 0.188 e. The Morgan fingerprint density at radius 1 is 1.50 bits per heavy atom. The summed E-state index contributed by atoms with van der Waals surface area (Å²) in [4.78, 5) is 4.22. The van der Waals surface area contributed by atoms with Crippen LogP contribution in [-0.4, -0.2) is 32.3 Å². The standard InChI is InChI=1S/C12H25N3O/c1-10(2)8-15-12(13)14-6-3-7-16-9-11-4-5-11/h10-11H,3-9H2,1-2H3,(H3,13,14,15). The first-order chi connectivity index (χ1) is 7.68. The molecule has 0 bridgehead atoms. The number of nitrogens with zero attached hydrogens (tertiary/aromatic N) is 1. The molecule has 1 aliphatic rings. The van der Waals surface area contributed by atoms with Gasteiger partial charge in [-0.25, -0.2) is 0 Å². The van der Waals surface area contributed by atoms with Gasteiger partial charge in [-0.05, 0) is 31.1 Å². The SMILES string of the molecule is CC(C)CN=C(N)NCCCOCC1CC1. The van der Waals surface area contributed by atoms with E-state index in [-0.39, 0.29) is 0 Å². The highest BCUT2D eigenvalue weighted by Crippen LogP contribution is 2.28. The minimum absolute atomic E-state index is 0.552. The third-order valence-corrected chi connectivity index (χ3v) is 2.45. The maximum Gasteiger partial charge on any atom is 0.188 e. The predicted molar refractivity (Wildman–Crippen MR) is 67.5 cm³/mol. The molecule has 0 atom stereocenters. The van der Waals surface area contributed by atoms with Crippen LogP contribution in [0.5, 0.6) is 0 Å². The highest BCUT2D eigenvalue weighted by atomic mass is 16.5. The summed E-state index contributed by atoms with van der Waals surface area (Å²) in [6.45, 7) is 7.65. The number of nitrogens with one attached hydrogen (secondary N) is 1. The average molecular weight is 227 g/mol. The van der Waals surface area contributed by atoms with Crippen molar-refractivity contribution in [3.8, 4) is 0 Å². The molecule has 1 saturated carbocycles. The molecule has 0 aromatic heterocycles. The first-order valence-electron chi connectivity index (χ1n) is 6.30. The topological polar surface area (TPSA) is 59.6 Å². The van der Waals surface area contributed by atoms with E-state index in [9.17, 15) is 0 Å². The van der Waals surface area contributed by atoms with Gasteiger partial charge in [0.25, 0.3) is 0 Å². The Kier molecular flexibility index (Phi) is 6.23. The Labute approximate surface area is 98.6 Å². The number of hydrogen-bond acceptors (Lipinski definition) is 2. The van der Waals surface area contributed by atoms with E-state index < -0.39 is 0 Å². The number of rotatable bonds is 8. The van der Waals surface area contributed by atoms with E-state index in [0.717, 1.165) is 38.6 Å². The van der Waals surface area contributed by atoms with Crippen LogP contribution in [0.25, 0.3) is 0 Å². The minimum atomic E-state index is 0.552. The zero-order chi connectivity index (χ0) is 11.8. The monoisotopic (exact) mass is 227 g/mol. The van der Waals surface area contributed by atoms with Crippen LogP contribution >= 0.6 is 0 Å². The van der Waals surface area contributed by atoms with Gasteiger partial charge in [-0.15, -0.1) is 0 Å². The summed E-state index contributed by atoms with van der Waals surface area (Å²) >= 11 is 0. The maximum atomic E-state index is 5.69. The fourth-order valence-electron chi connectivity index (χ4n) is 1.26. The molecule has 16 heavy (non-hydrogen) atoms. The van der Waals surface area contributed by atoms with E-state index in [2.05, 4.69) is 24.2 Å². The van der Waals surface area contributed by atoms with Gasteiger partial charge in [-0.2, -0.15) is 0 Å². The zero-order valence-electron chi connectivity index (χ0n) is 10.5. The lowest BCUT2D eigenvalue weighted by Crippen LogP contribution is -2.33. The summed E-state index contributed by atoms with van der Waals surface area (Å²) in [5.41, 5.74) is 5.69. The molecule has 0 aromatic rings. The zero-order valence-corrected chi connectivity index (χ0v) is 10.5. The van der Waals surface area contributed by atoms with E-state index in [0.29, 0.717) is 11.9 Å². The second kappa shape index (κ2) is 7.49. The molecule has 0 aromatic carbocycles. The van der Waals surface area contributed by atoms with E-state index >= 15 is 0 Å². The number of guanidine groups is 1. The van der Waals surface area contributed by atoms with Gasteiger partial charge in [-0.3, -0.25) is 4.99 Å². The number of ether oxygens (including phenoxy) is 1. The molecule has 0 heterocycles. The van der Waals surface area contributed by atoms with Crippen molar-refractivity contribution in [1.29, 1.82) is 0 Å². The normalized spacial score (nSPS) is 16.8. The summed E-state index contributed by atoms with van der Waals surface area (Å²) in [6.07, 6.45) is 3.70. The van der Waals surface area contributed by atoms with Crippen LogP contribution in [0.2, 0.25) is 0 Å². The highest BCUT2D eigenvalue weighted by Gasteiger charge is 2.20. The van der Waals surface area contributed by atoms with Gasteiger partial charge >= 0.3 is 0 Å². The summed E-state index contributed by atoms with van der Waals surface area (Å²) in [5, 5.41) is 3.09. The molecule has 1 aliphatic carbocycles. The fourth-order valence-corrected chi connectivity index (χ4v) is 1.26. The molecule has 0 unspecified atom stereocenters. The molecule has 1 rings (SSSR count). The first-order valence-corrected chi connectivity index (χ1v) is 6.30. The quantitative estimate of drug-likeness (QED) is 0.374. The second-order valence-electron chi connectivity index (χ2n) is 4.92. The van der Waals surface area contributed by atoms with E-state index in [1.807, 2.05) is 0 Å². The van der Waals surface area contributed by atoms with Gasteiger partial charge in [0.2, 0.25) is 0 Å². The van der Waals surface area contributed by atoms with Crippen molar-refractivity contribution in [3.63, 3.8) is 0 Å². The third kappa shape index (κ3) is 7.51. The molecule has 0 spiro atoms. The van der Waals surface area contributed by atoms with Gasteiger partial charge in [-0.1, -0.05) is 13.8 Å². The molecule has 0 amide bonds. The van der Waals surface area contributed by atoms with Crippen molar-refractivity contribution >= 4 is 5.96 Å². The Morgan fingerprint density at radius 3 is 2.88 bits per heavy atom. The van der Waals surface area contributed by atoms with Gasteiger partial charge < -0.3 is 15.8 Å². The van der Waals surface area contributed by atoms with Crippen LogP contribution < -0.4 is 11.1 Å². The molecule has 4 heteroatoms. The summed E-state index contributed by atoms with van der Waals surface area (Å²) in [6, 6.07) is 0. The van der Waals surface area contributed by atoms with Crippen molar-refractivity contribution in [1.82, 2.24) is 5.32 Å². The molecule has 1 fully saturated rings. The summed E-state index contributed by atoms with van der Waals surface area (Å²) in [7, 11) is 0. The molecule has 94 valence electrons. The van der Waals surface area contributed by atoms with E-state index in [1.54, 1.807) is 0 Å². The molecular formula is C12H25N3O. The van der Waals surface area contributed by atoms with Crippen LogP contribution in [0, 0.1) is 11.8 Å². The molecule has 3 N–H and O–H groups in total. The lowest BCUT2D eigenvalue weighted by molar-refractivity contribution is 0.123. The Morgan fingerprint density at radius 2 is 2.25 bits per heavy atom. The number of nitrogens with two attached hydrogens (primary N) is 1. The van der Waals surface area contributed by atoms with Crippen molar-refractivity contribution in [2.45, 2.75) is 33.1 Å². The van der Waals surface area contributed by atoms with E-state index in [1.165, 1.54) is 12.8 Å². The number of hydrogen-bond donors (Lipinski definition) is 2. The lowest BCUT2D eigenvalue weighted by Gasteiger charge is -2.07. The van der Waals surface area contributed by atoms with Crippen LogP contribution in [-0.2, 0) is 4.74 Å². The largest absolute Gasteiger partial charge is 0.381 e. The molecular weight excluding hydrogens is 202 g/mol. The lowest BCUT2D eigenvalue weighted by atomic mass is 10.2. The van der Waals surface area contributed by atoms with Gasteiger partial charge in [0.1, 0.15) is 0 Å². The highest BCUT2D eigenvalue weighted by molar-refractivity contribution is 5.77. The summed E-state index contributed by atoms with van der Waals surface area (Å²) < 4.78 is 5.52. The van der Waals surface area contributed by atoms with Crippen molar-refractivity contribution in [3.05, 3.63) is 0 Å². The van der Waals surface area contributed by atoms with Crippen LogP contribution in [0.4, 0.5) is 0 Å². The predicted octanol–water partition coefficient (Wildman–Crippen LogP) is 1.36. The van der Waals surface area contributed by atoms with Gasteiger partial charge in [0, 0.05) is 26.3 Å². The van der Waals surface area contributed by atoms with Gasteiger partial charge in [0.15, 0.2) is 5.96 Å². The maximum absolute atomic E-state index is 5.69. The van der Waals surface area contributed by atoms with Crippen LogP contribution in [0.3, 0.4) is 0 Å². The van der Waals surface area contributed by atoms with Crippen LogP contribution in [0.15, 0.2) is 4.99 Å². The van der Waals surface area contributed by atoms with E-state index in [4.69, 9.17) is 10.5 Å². The molecule has 0 radical (unpaired) electrons. The molecule has 0 saturated heterocycles. The Hall–Kier alpha value is -0.770. The molecule has 0 aliphatic heterocycles. The summed E-state index contributed by atoms with van der Waals surface area (Å²) in [5.74, 6) is 1.96. The fraction of sp³-hybridized carbons (Fsp3) is 0.917. The Bertz CT molecular complexity index is 212.